The number of likely N-dealkylation sites (N-methyl/N-ethyl adjacent to an activating group) is 1. The molecule has 1 spiro atoms. The van der Waals surface area contributed by atoms with Crippen molar-refractivity contribution in [2.75, 3.05) is 18.9 Å². The van der Waals surface area contributed by atoms with Crippen LogP contribution in [0.2, 0.25) is 0 Å². The lowest BCUT2D eigenvalue weighted by atomic mass is 9.81. The number of carbonyl (C=O) groups is 3. The van der Waals surface area contributed by atoms with Crippen molar-refractivity contribution < 1.29 is 23.2 Å². The first-order valence-electron chi connectivity index (χ1n) is 12.2. The number of aromatic amines is 1. The number of aromatic nitrogens is 2. The summed E-state index contributed by atoms with van der Waals surface area (Å²) in [5.74, 6) is -2.50. The molecule has 38 heavy (non-hydrogen) atoms. The fourth-order valence-corrected chi connectivity index (χ4v) is 5.49. The van der Waals surface area contributed by atoms with Crippen molar-refractivity contribution >= 4 is 34.4 Å². The number of pyridine rings is 1. The van der Waals surface area contributed by atoms with Gasteiger partial charge in [-0.15, -0.1) is 0 Å². The van der Waals surface area contributed by atoms with Crippen molar-refractivity contribution in [3.05, 3.63) is 70.8 Å². The lowest BCUT2D eigenvalue weighted by Crippen LogP contribution is -2.51. The summed E-state index contributed by atoms with van der Waals surface area (Å²) in [5, 5.41) is 2.82. The van der Waals surface area contributed by atoms with Crippen molar-refractivity contribution in [1.29, 1.82) is 0 Å². The molecule has 1 aromatic carbocycles. The first kappa shape index (κ1) is 25.3. The van der Waals surface area contributed by atoms with Crippen LogP contribution in [-0.2, 0) is 15.0 Å². The number of likely N-dealkylation sites (tertiary alicyclic amines) is 1. The lowest BCUT2D eigenvalue weighted by molar-refractivity contribution is -0.136. The van der Waals surface area contributed by atoms with Gasteiger partial charge in [-0.3, -0.25) is 24.1 Å². The second-order valence-corrected chi connectivity index (χ2v) is 10.3. The highest BCUT2D eigenvalue weighted by Crippen LogP contribution is 2.46. The molecule has 0 aliphatic carbocycles. The number of H-pyrrole nitrogens is 1. The molecular weight excluding hydrogens is 494 g/mol. The molecule has 196 valence electrons. The van der Waals surface area contributed by atoms with Crippen LogP contribution in [0.15, 0.2) is 36.5 Å². The van der Waals surface area contributed by atoms with Gasteiger partial charge in [0.25, 0.3) is 11.8 Å². The molecule has 2 aliphatic rings. The van der Waals surface area contributed by atoms with Crippen molar-refractivity contribution in [3.63, 3.8) is 0 Å². The maximum absolute atomic E-state index is 14.2. The zero-order chi connectivity index (χ0) is 27.4. The smallest absolute Gasteiger partial charge is 0.302 e. The molecule has 11 heteroatoms. The van der Waals surface area contributed by atoms with Gasteiger partial charge < -0.3 is 15.2 Å². The van der Waals surface area contributed by atoms with E-state index in [1.54, 1.807) is 18.3 Å². The van der Waals surface area contributed by atoms with E-state index in [2.05, 4.69) is 20.1 Å². The van der Waals surface area contributed by atoms with Crippen LogP contribution in [0.1, 0.15) is 42.7 Å². The number of nitrogens with one attached hydrogen (secondary N) is 2. The highest BCUT2D eigenvalue weighted by molar-refractivity contribution is 6.06. The Balaban J connectivity index is 1.46. The van der Waals surface area contributed by atoms with Gasteiger partial charge in [-0.05, 0) is 30.5 Å². The summed E-state index contributed by atoms with van der Waals surface area (Å²) in [4.78, 5) is 53.8. The monoisotopic (exact) mass is 520 g/mol. The second kappa shape index (κ2) is 9.20. The first-order chi connectivity index (χ1) is 18.1. The van der Waals surface area contributed by atoms with E-state index in [1.165, 1.54) is 22.9 Å². The van der Waals surface area contributed by atoms with Crippen LogP contribution in [-0.4, -0.2) is 63.3 Å². The number of hydrogen-bond donors (Lipinski definition) is 2. The molecule has 0 saturated carbocycles. The van der Waals surface area contributed by atoms with E-state index < -0.39 is 41.1 Å². The SMILES string of the molecule is [C-]#[N+][C@@H]1C[C@@]2(CN1C(=O)[C@H](CC(C)C)N(C)C(=O)c1cc3c(F)cc(F)cc3[nH]1)C(=O)Nc1ncccc12. The number of rotatable bonds is 5. The minimum atomic E-state index is -1.10. The molecule has 1 fully saturated rings. The number of benzene rings is 1. The summed E-state index contributed by atoms with van der Waals surface area (Å²) >= 11 is 0. The molecule has 3 aromatic rings. The number of nitrogens with zero attached hydrogens (tertiary/aromatic N) is 4. The molecule has 0 unspecified atom stereocenters. The number of amides is 3. The van der Waals surface area contributed by atoms with Crippen LogP contribution in [0.5, 0.6) is 0 Å². The van der Waals surface area contributed by atoms with Crippen LogP contribution < -0.4 is 5.32 Å². The van der Waals surface area contributed by atoms with E-state index in [-0.39, 0.29) is 41.4 Å². The summed E-state index contributed by atoms with van der Waals surface area (Å²) in [5.41, 5.74) is -0.326. The van der Waals surface area contributed by atoms with Crippen LogP contribution in [0.4, 0.5) is 14.6 Å². The molecule has 0 radical (unpaired) electrons. The molecule has 5 rings (SSSR count). The average molecular weight is 521 g/mol. The molecule has 4 heterocycles. The van der Waals surface area contributed by atoms with Gasteiger partial charge in [-0.2, -0.15) is 0 Å². The van der Waals surface area contributed by atoms with Crippen LogP contribution >= 0.6 is 0 Å². The Morgan fingerprint density at radius 1 is 1.32 bits per heavy atom. The van der Waals surface area contributed by atoms with Crippen molar-refractivity contribution in [1.82, 2.24) is 19.8 Å². The second-order valence-electron chi connectivity index (χ2n) is 10.3. The van der Waals surface area contributed by atoms with Crippen molar-refractivity contribution in [2.24, 2.45) is 5.92 Å². The minimum Gasteiger partial charge on any atom is -0.350 e. The van der Waals surface area contributed by atoms with E-state index in [0.29, 0.717) is 17.8 Å². The normalized spacial score (nSPS) is 21.0. The summed E-state index contributed by atoms with van der Waals surface area (Å²) in [7, 11) is 1.47. The number of halogens is 2. The van der Waals surface area contributed by atoms with Crippen molar-refractivity contribution in [2.45, 2.75) is 44.3 Å². The molecule has 3 amide bonds. The highest BCUT2D eigenvalue weighted by Gasteiger charge is 2.59. The summed E-state index contributed by atoms with van der Waals surface area (Å²) < 4.78 is 27.9. The quantitative estimate of drug-likeness (QED) is 0.501. The standard InChI is InChI=1S/C27H26F2N6O3/c1-14(2)8-21(34(4)24(36)20-11-16-18(29)9-15(28)10-19(16)32-20)25(37)35-13-27(12-22(35)30-3)17-6-5-7-31-23(17)33-26(27)38/h5-7,9-11,14,21-22,32H,8,12-13H2,1-2,4H3,(H,31,33,38)/t21-,22-,27-/m0/s1. The molecule has 9 nitrogen and oxygen atoms in total. The predicted octanol–water partition coefficient (Wildman–Crippen LogP) is 3.70. The van der Waals surface area contributed by atoms with Gasteiger partial charge in [0.2, 0.25) is 5.91 Å². The average Bonchev–Trinajstić information content (AvgIpc) is 3.56. The number of anilines is 1. The highest BCUT2D eigenvalue weighted by atomic mass is 19.1. The van der Waals surface area contributed by atoms with Gasteiger partial charge in [-0.1, -0.05) is 19.9 Å². The molecule has 2 N–H and O–H groups in total. The summed E-state index contributed by atoms with van der Waals surface area (Å²) in [6, 6.07) is 5.65. The van der Waals surface area contributed by atoms with Crippen LogP contribution in [0.25, 0.3) is 15.7 Å². The topological polar surface area (TPSA) is 103 Å². The Morgan fingerprint density at radius 2 is 2.08 bits per heavy atom. The molecule has 3 atom stereocenters. The fourth-order valence-electron chi connectivity index (χ4n) is 5.49. The van der Waals surface area contributed by atoms with Crippen LogP contribution in [0, 0.1) is 24.1 Å². The fraction of sp³-hybridized carbons (Fsp3) is 0.370. The van der Waals surface area contributed by atoms with E-state index in [4.69, 9.17) is 6.57 Å². The van der Waals surface area contributed by atoms with Gasteiger partial charge >= 0.3 is 6.17 Å². The molecular formula is C27H26F2N6O3. The van der Waals surface area contributed by atoms with Gasteiger partial charge in [0.15, 0.2) is 0 Å². The number of hydrogen-bond acceptors (Lipinski definition) is 4. The Bertz CT molecular complexity index is 1510. The first-order valence-corrected chi connectivity index (χ1v) is 12.2. The number of fused-ring (bicyclic) bond motifs is 3. The van der Waals surface area contributed by atoms with Gasteiger partial charge in [0.05, 0.1) is 11.9 Å². The van der Waals surface area contributed by atoms with Gasteiger partial charge in [-0.25, -0.2) is 20.3 Å². The minimum absolute atomic E-state index is 0.00310. The molecule has 1 saturated heterocycles. The van der Waals surface area contributed by atoms with Crippen LogP contribution in [0.3, 0.4) is 0 Å². The zero-order valence-electron chi connectivity index (χ0n) is 21.1. The van der Waals surface area contributed by atoms with E-state index in [0.717, 1.165) is 12.1 Å². The molecule has 2 aromatic heterocycles. The van der Waals surface area contributed by atoms with E-state index in [1.807, 2.05) is 13.8 Å². The Morgan fingerprint density at radius 3 is 2.79 bits per heavy atom. The van der Waals surface area contributed by atoms with E-state index >= 15 is 0 Å². The molecule has 2 aliphatic heterocycles. The predicted molar refractivity (Wildman–Crippen MR) is 135 cm³/mol. The third-order valence-electron chi connectivity index (χ3n) is 7.40. The van der Waals surface area contributed by atoms with Crippen molar-refractivity contribution in [3.8, 4) is 0 Å². The van der Waals surface area contributed by atoms with E-state index in [9.17, 15) is 23.2 Å². The van der Waals surface area contributed by atoms with Gasteiger partial charge in [0.1, 0.15) is 34.6 Å². The zero-order valence-corrected chi connectivity index (χ0v) is 21.1. The Kier molecular flexibility index (Phi) is 6.13. The maximum Gasteiger partial charge on any atom is 0.302 e. The summed E-state index contributed by atoms with van der Waals surface area (Å²) in [6.45, 7) is 11.6. The lowest BCUT2D eigenvalue weighted by Gasteiger charge is -2.32. The van der Waals surface area contributed by atoms with Gasteiger partial charge in [0, 0.05) is 36.8 Å². The Hall–Kier alpha value is -4.33. The maximum atomic E-state index is 14.2. The number of carbonyl (C=O) groups excluding carboxylic acids is 3. The summed E-state index contributed by atoms with van der Waals surface area (Å²) in [6.07, 6.45) is 1.07. The third kappa shape index (κ3) is 3.97. The molecule has 0 bridgehead atoms. The largest absolute Gasteiger partial charge is 0.350 e. The Labute approximate surface area is 217 Å². The third-order valence-corrected chi connectivity index (χ3v) is 7.40.